The molecule has 13 atom stereocenters. The number of fused-ring (bicyclic) bond motifs is 4. The molecular formula is C34H50O9. The smallest absolute Gasteiger partial charge is 0.308 e. The van der Waals surface area contributed by atoms with E-state index in [1.54, 1.807) is 0 Å². The fourth-order valence-corrected chi connectivity index (χ4v) is 10.7. The van der Waals surface area contributed by atoms with Crippen molar-refractivity contribution in [3.8, 4) is 0 Å². The summed E-state index contributed by atoms with van der Waals surface area (Å²) in [5, 5.41) is 0. The molecule has 6 rings (SSSR count). The van der Waals surface area contributed by atoms with E-state index < -0.39 is 28.5 Å². The second-order valence-corrected chi connectivity index (χ2v) is 14.9. The van der Waals surface area contributed by atoms with Crippen molar-refractivity contribution in [2.24, 2.45) is 45.8 Å². The van der Waals surface area contributed by atoms with E-state index in [1.807, 2.05) is 13.8 Å². The third-order valence-electron chi connectivity index (χ3n) is 12.9. The largest absolute Gasteiger partial charge is 0.469 e. The van der Waals surface area contributed by atoms with Crippen molar-refractivity contribution in [3.63, 3.8) is 0 Å². The van der Waals surface area contributed by atoms with Gasteiger partial charge in [-0.05, 0) is 49.5 Å². The van der Waals surface area contributed by atoms with E-state index in [2.05, 4.69) is 27.7 Å². The molecular weight excluding hydrogens is 552 g/mol. The molecule has 3 unspecified atom stereocenters. The summed E-state index contributed by atoms with van der Waals surface area (Å²) < 4.78 is 37.4. The van der Waals surface area contributed by atoms with Crippen molar-refractivity contribution in [1.82, 2.24) is 0 Å². The summed E-state index contributed by atoms with van der Waals surface area (Å²) in [7, 11) is 1.43. The maximum atomic E-state index is 13.5. The lowest BCUT2D eigenvalue weighted by molar-refractivity contribution is -0.253. The zero-order valence-corrected chi connectivity index (χ0v) is 27.1. The van der Waals surface area contributed by atoms with Gasteiger partial charge in [0.05, 0.1) is 44.6 Å². The van der Waals surface area contributed by atoms with Gasteiger partial charge in [0.25, 0.3) is 0 Å². The average molecular weight is 603 g/mol. The van der Waals surface area contributed by atoms with Gasteiger partial charge in [0.15, 0.2) is 0 Å². The highest BCUT2D eigenvalue weighted by atomic mass is 16.6. The first-order valence-electron chi connectivity index (χ1n) is 16.3. The summed E-state index contributed by atoms with van der Waals surface area (Å²) in [5.41, 5.74) is 0.858. The zero-order chi connectivity index (χ0) is 31.1. The molecule has 3 aliphatic heterocycles. The molecule has 9 heteroatoms. The molecule has 0 aromatic rings. The lowest BCUT2D eigenvalue weighted by atomic mass is 9.39. The molecule has 3 saturated heterocycles. The van der Waals surface area contributed by atoms with Gasteiger partial charge in [-0.1, -0.05) is 40.2 Å². The van der Waals surface area contributed by atoms with Crippen LogP contribution in [0.5, 0.6) is 0 Å². The van der Waals surface area contributed by atoms with E-state index in [1.165, 1.54) is 25.2 Å². The lowest BCUT2D eigenvalue weighted by Gasteiger charge is -2.65. The Kier molecular flexibility index (Phi) is 7.82. The second kappa shape index (κ2) is 10.8. The molecule has 5 fully saturated rings. The summed E-state index contributed by atoms with van der Waals surface area (Å²) in [4.78, 5) is 39.2. The van der Waals surface area contributed by atoms with E-state index in [4.69, 9.17) is 28.4 Å². The van der Waals surface area contributed by atoms with Crippen molar-refractivity contribution in [2.45, 2.75) is 111 Å². The number of esters is 3. The first-order valence-corrected chi connectivity index (χ1v) is 16.3. The summed E-state index contributed by atoms with van der Waals surface area (Å²) >= 11 is 0. The van der Waals surface area contributed by atoms with Crippen LogP contribution in [0.3, 0.4) is 0 Å². The van der Waals surface area contributed by atoms with Crippen molar-refractivity contribution in [2.75, 3.05) is 26.9 Å². The third kappa shape index (κ3) is 4.38. The van der Waals surface area contributed by atoms with Gasteiger partial charge < -0.3 is 28.4 Å². The van der Waals surface area contributed by atoms with Crippen LogP contribution in [0.15, 0.2) is 11.1 Å². The fourth-order valence-electron chi connectivity index (χ4n) is 10.7. The van der Waals surface area contributed by atoms with Gasteiger partial charge in [-0.3, -0.25) is 14.4 Å². The van der Waals surface area contributed by atoms with Crippen LogP contribution >= 0.6 is 0 Å². The number of carbonyl (C=O) groups is 3. The molecule has 0 aromatic heterocycles. The van der Waals surface area contributed by atoms with Gasteiger partial charge in [0, 0.05) is 48.5 Å². The predicted molar refractivity (Wildman–Crippen MR) is 156 cm³/mol. The molecule has 240 valence electrons. The number of allylic oxidation sites excluding steroid dienone is 1. The summed E-state index contributed by atoms with van der Waals surface area (Å²) in [6.45, 7) is 16.0. The molecule has 0 bridgehead atoms. The molecule has 3 heterocycles. The van der Waals surface area contributed by atoms with E-state index in [-0.39, 0.29) is 60.4 Å². The van der Waals surface area contributed by atoms with E-state index in [0.717, 1.165) is 26.1 Å². The maximum absolute atomic E-state index is 13.5. The molecule has 0 radical (unpaired) electrons. The van der Waals surface area contributed by atoms with Crippen molar-refractivity contribution in [1.29, 1.82) is 0 Å². The zero-order valence-electron chi connectivity index (χ0n) is 27.1. The second-order valence-electron chi connectivity index (χ2n) is 14.9. The molecule has 6 aliphatic rings. The molecule has 0 spiro atoms. The highest BCUT2D eigenvalue weighted by Crippen LogP contribution is 2.74. The minimum Gasteiger partial charge on any atom is -0.469 e. The summed E-state index contributed by atoms with van der Waals surface area (Å²) in [5.74, 6) is -0.815. The quantitative estimate of drug-likeness (QED) is 0.234. The lowest BCUT2D eigenvalue weighted by Crippen LogP contribution is -2.71. The Morgan fingerprint density at radius 2 is 1.84 bits per heavy atom. The number of rotatable bonds is 7. The number of ether oxygens (including phenoxy) is 6. The highest BCUT2D eigenvalue weighted by molar-refractivity contribution is 5.72. The minimum absolute atomic E-state index is 0.0645. The Hall–Kier alpha value is -1.97. The van der Waals surface area contributed by atoms with Crippen molar-refractivity contribution < 1.29 is 42.8 Å². The fraction of sp³-hybridized carbons (Fsp3) is 0.853. The molecule has 0 N–H and O–H groups in total. The topological polar surface area (TPSA) is 107 Å². The number of hydrogen-bond donors (Lipinski definition) is 0. The molecule has 3 aliphatic carbocycles. The standard InChI is InChI=1S/C34H50O9/c1-9-17(2)31(37)43-25-14-24(41-19(4)35)32(5)16-40-28-29(32)33(25,6)23(13-26(36)38-8)34(7)27-18(3)21(20-10-11-39-15-20)12-22(27)42-30(28)34/h17,20-25,28-30H,9-16H2,1-8H3/t17?,20?,21-,22-,23?,24-,25+,28-,29+,30-,32-,33+,34-/m1/s1. The normalized spacial score (nSPS) is 47.0. The average Bonchev–Trinajstić information content (AvgIpc) is 3.73. The van der Waals surface area contributed by atoms with Crippen molar-refractivity contribution >= 4 is 17.9 Å². The maximum Gasteiger partial charge on any atom is 0.308 e. The van der Waals surface area contributed by atoms with Gasteiger partial charge in [-0.15, -0.1) is 0 Å². The first kappa shape index (κ1) is 31.0. The van der Waals surface area contributed by atoms with Gasteiger partial charge >= 0.3 is 17.9 Å². The molecule has 0 aromatic carbocycles. The van der Waals surface area contributed by atoms with Gasteiger partial charge in [0.1, 0.15) is 12.2 Å². The number of methoxy groups -OCH3 is 1. The van der Waals surface area contributed by atoms with E-state index >= 15 is 0 Å². The Morgan fingerprint density at radius 3 is 2.47 bits per heavy atom. The van der Waals surface area contributed by atoms with Crippen LogP contribution in [0.25, 0.3) is 0 Å². The minimum atomic E-state index is -0.685. The van der Waals surface area contributed by atoms with Crippen LogP contribution in [0.2, 0.25) is 0 Å². The Labute approximate surface area is 255 Å². The Morgan fingerprint density at radius 1 is 1.09 bits per heavy atom. The number of hydrogen-bond acceptors (Lipinski definition) is 9. The van der Waals surface area contributed by atoms with Gasteiger partial charge in [0.2, 0.25) is 0 Å². The van der Waals surface area contributed by atoms with E-state index in [9.17, 15) is 14.4 Å². The van der Waals surface area contributed by atoms with Crippen molar-refractivity contribution in [3.05, 3.63) is 11.1 Å². The molecule has 2 saturated carbocycles. The van der Waals surface area contributed by atoms with Crippen LogP contribution in [0.1, 0.15) is 80.6 Å². The van der Waals surface area contributed by atoms with Crippen LogP contribution in [-0.2, 0) is 42.8 Å². The summed E-state index contributed by atoms with van der Waals surface area (Å²) in [6.07, 6.45) is 1.36. The molecule has 43 heavy (non-hydrogen) atoms. The van der Waals surface area contributed by atoms with Crippen LogP contribution in [-0.4, -0.2) is 75.4 Å². The monoisotopic (exact) mass is 602 g/mol. The van der Waals surface area contributed by atoms with Gasteiger partial charge in [-0.25, -0.2) is 0 Å². The Bertz CT molecular complexity index is 1190. The summed E-state index contributed by atoms with van der Waals surface area (Å²) in [6, 6.07) is 0. The number of carbonyl (C=O) groups excluding carboxylic acids is 3. The van der Waals surface area contributed by atoms with Crippen LogP contribution in [0, 0.1) is 45.8 Å². The Balaban J connectivity index is 1.52. The predicted octanol–water partition coefficient (Wildman–Crippen LogP) is 4.65. The first-order chi connectivity index (χ1) is 20.3. The molecule has 9 nitrogen and oxygen atoms in total. The highest BCUT2D eigenvalue weighted by Gasteiger charge is 2.78. The third-order valence-corrected chi connectivity index (χ3v) is 12.9. The SMILES string of the molecule is CCC(C)C(=O)O[C@H]1C[C@@H](OC(C)=O)[C@@]2(C)CO[C@H]3[C@H]4O[C@@H]5C[C@@H](C6CCOC6)C(C)=C5[C@@]4(C)C(CC(=O)OC)[C@]1(C)[C@@H]32. The van der Waals surface area contributed by atoms with Crippen LogP contribution in [0.4, 0.5) is 0 Å². The van der Waals surface area contributed by atoms with E-state index in [0.29, 0.717) is 31.3 Å². The van der Waals surface area contributed by atoms with Crippen LogP contribution < -0.4 is 0 Å². The molecule has 0 amide bonds. The van der Waals surface area contributed by atoms with Gasteiger partial charge in [-0.2, -0.15) is 0 Å².